The number of fused-ring (bicyclic) bond motifs is 1. The van der Waals surface area contributed by atoms with Crippen LogP contribution in [0.5, 0.6) is 5.75 Å². The second-order valence-electron chi connectivity index (χ2n) is 4.75. The maximum atomic E-state index is 11.7. The van der Waals surface area contributed by atoms with Gasteiger partial charge in [0.15, 0.2) is 0 Å². The molecule has 0 saturated carbocycles. The number of carbonyl (C=O) groups is 1. The number of phenolic OH excluding ortho intramolecular Hbond substituents is 1. The highest BCUT2D eigenvalue weighted by Crippen LogP contribution is 2.40. The molecule has 1 aromatic carbocycles. The van der Waals surface area contributed by atoms with Gasteiger partial charge in [-0.2, -0.15) is 0 Å². The Hall–Kier alpha value is -2.03. The van der Waals surface area contributed by atoms with Crippen molar-refractivity contribution in [2.45, 2.75) is 25.9 Å². The SMILES string of the molecule is C=C(C)C(=O)OC1(C)CC=Cc2c(O)cccc21. The fraction of sp³-hybridized carbons (Fsp3) is 0.267. The second-order valence-corrected chi connectivity index (χ2v) is 4.75. The van der Waals surface area contributed by atoms with Crippen molar-refractivity contribution in [3.8, 4) is 5.75 Å². The zero-order valence-electron chi connectivity index (χ0n) is 10.6. The number of ether oxygens (including phenoxy) is 1. The highest BCUT2D eigenvalue weighted by molar-refractivity contribution is 5.87. The average Bonchev–Trinajstić information content (AvgIpc) is 2.30. The molecule has 18 heavy (non-hydrogen) atoms. The molecule has 0 spiro atoms. The topological polar surface area (TPSA) is 46.5 Å². The van der Waals surface area contributed by atoms with E-state index in [-0.39, 0.29) is 5.75 Å². The molecular weight excluding hydrogens is 228 g/mol. The van der Waals surface area contributed by atoms with Crippen molar-refractivity contribution in [1.29, 1.82) is 0 Å². The van der Waals surface area contributed by atoms with Crippen molar-refractivity contribution in [3.05, 3.63) is 47.6 Å². The van der Waals surface area contributed by atoms with Crippen LogP contribution in [-0.4, -0.2) is 11.1 Å². The first-order valence-corrected chi connectivity index (χ1v) is 5.82. The van der Waals surface area contributed by atoms with Crippen LogP contribution in [0.25, 0.3) is 6.08 Å². The molecule has 0 radical (unpaired) electrons. The van der Waals surface area contributed by atoms with E-state index in [2.05, 4.69) is 6.58 Å². The Kier molecular flexibility index (Phi) is 2.99. The smallest absolute Gasteiger partial charge is 0.333 e. The fourth-order valence-corrected chi connectivity index (χ4v) is 2.09. The summed E-state index contributed by atoms with van der Waals surface area (Å²) in [7, 11) is 0. The van der Waals surface area contributed by atoms with Crippen LogP contribution in [0.4, 0.5) is 0 Å². The van der Waals surface area contributed by atoms with E-state index in [1.165, 1.54) is 0 Å². The molecular formula is C15H16O3. The summed E-state index contributed by atoms with van der Waals surface area (Å²) in [5.74, 6) is -0.219. The number of carbonyl (C=O) groups excluding carboxylic acids is 1. The molecule has 1 aliphatic carbocycles. The largest absolute Gasteiger partial charge is 0.507 e. The first-order chi connectivity index (χ1) is 8.44. The van der Waals surface area contributed by atoms with Crippen molar-refractivity contribution < 1.29 is 14.6 Å². The molecule has 2 rings (SSSR count). The summed E-state index contributed by atoms with van der Waals surface area (Å²) in [5, 5.41) is 9.82. The fourth-order valence-electron chi connectivity index (χ4n) is 2.09. The van der Waals surface area contributed by atoms with E-state index in [0.29, 0.717) is 17.6 Å². The lowest BCUT2D eigenvalue weighted by molar-refractivity contribution is -0.154. The number of esters is 1. The molecule has 0 aromatic heterocycles. The Balaban J connectivity index is 2.43. The van der Waals surface area contributed by atoms with Gasteiger partial charge in [0.1, 0.15) is 11.4 Å². The van der Waals surface area contributed by atoms with Gasteiger partial charge in [0.05, 0.1) is 0 Å². The monoisotopic (exact) mass is 244 g/mol. The molecule has 0 saturated heterocycles. The quantitative estimate of drug-likeness (QED) is 0.642. The number of phenols is 1. The van der Waals surface area contributed by atoms with Gasteiger partial charge in [-0.05, 0) is 19.9 Å². The maximum Gasteiger partial charge on any atom is 0.333 e. The van der Waals surface area contributed by atoms with E-state index in [0.717, 1.165) is 5.56 Å². The Morgan fingerprint density at radius 2 is 2.22 bits per heavy atom. The first-order valence-electron chi connectivity index (χ1n) is 5.82. The van der Waals surface area contributed by atoms with Crippen molar-refractivity contribution in [2.24, 2.45) is 0 Å². The molecule has 1 atom stereocenters. The first kappa shape index (κ1) is 12.4. The lowest BCUT2D eigenvalue weighted by Crippen LogP contribution is -2.31. The summed E-state index contributed by atoms with van der Waals surface area (Å²) in [5.41, 5.74) is 1.15. The maximum absolute atomic E-state index is 11.7. The van der Waals surface area contributed by atoms with Crippen LogP contribution in [0.1, 0.15) is 31.4 Å². The van der Waals surface area contributed by atoms with E-state index in [1.54, 1.807) is 19.1 Å². The van der Waals surface area contributed by atoms with E-state index in [1.807, 2.05) is 25.1 Å². The minimum absolute atomic E-state index is 0.195. The predicted octanol–water partition coefficient (Wildman–Crippen LogP) is 3.14. The van der Waals surface area contributed by atoms with Gasteiger partial charge in [-0.25, -0.2) is 4.79 Å². The Bertz CT molecular complexity index is 543. The molecule has 1 N–H and O–H groups in total. The number of hydrogen-bond acceptors (Lipinski definition) is 3. The minimum Gasteiger partial charge on any atom is -0.507 e. The van der Waals surface area contributed by atoms with Gasteiger partial charge >= 0.3 is 5.97 Å². The number of rotatable bonds is 2. The Labute approximate surface area is 106 Å². The lowest BCUT2D eigenvalue weighted by atomic mass is 9.84. The van der Waals surface area contributed by atoms with Crippen LogP contribution >= 0.6 is 0 Å². The number of aromatic hydroxyl groups is 1. The van der Waals surface area contributed by atoms with Gasteiger partial charge in [0, 0.05) is 23.1 Å². The Morgan fingerprint density at radius 1 is 1.50 bits per heavy atom. The average molecular weight is 244 g/mol. The molecule has 1 aromatic rings. The van der Waals surface area contributed by atoms with Gasteiger partial charge < -0.3 is 9.84 Å². The molecule has 94 valence electrons. The normalized spacial score (nSPS) is 21.2. The summed E-state index contributed by atoms with van der Waals surface area (Å²) in [6.07, 6.45) is 4.33. The van der Waals surface area contributed by atoms with Crippen LogP contribution in [0.3, 0.4) is 0 Å². The van der Waals surface area contributed by atoms with Crippen LogP contribution in [0.15, 0.2) is 36.4 Å². The third kappa shape index (κ3) is 2.04. The third-order valence-corrected chi connectivity index (χ3v) is 3.11. The van der Waals surface area contributed by atoms with Crippen molar-refractivity contribution in [2.75, 3.05) is 0 Å². The van der Waals surface area contributed by atoms with Gasteiger partial charge in [-0.15, -0.1) is 0 Å². The summed E-state index contributed by atoms with van der Waals surface area (Å²) in [6, 6.07) is 5.24. The molecule has 0 bridgehead atoms. The van der Waals surface area contributed by atoms with Gasteiger partial charge in [-0.1, -0.05) is 30.9 Å². The van der Waals surface area contributed by atoms with Crippen LogP contribution < -0.4 is 0 Å². The van der Waals surface area contributed by atoms with E-state index in [9.17, 15) is 9.90 Å². The molecule has 3 heteroatoms. The van der Waals surface area contributed by atoms with Gasteiger partial charge in [0.2, 0.25) is 0 Å². The molecule has 1 unspecified atom stereocenters. The summed E-state index contributed by atoms with van der Waals surface area (Å²) in [4.78, 5) is 11.7. The molecule has 3 nitrogen and oxygen atoms in total. The van der Waals surface area contributed by atoms with Crippen molar-refractivity contribution in [3.63, 3.8) is 0 Å². The zero-order chi connectivity index (χ0) is 13.3. The number of benzene rings is 1. The molecule has 0 fully saturated rings. The molecule has 0 heterocycles. The highest BCUT2D eigenvalue weighted by Gasteiger charge is 2.34. The molecule has 0 aliphatic heterocycles. The van der Waals surface area contributed by atoms with Crippen molar-refractivity contribution >= 4 is 12.0 Å². The van der Waals surface area contributed by atoms with Gasteiger partial charge in [-0.3, -0.25) is 0 Å². The van der Waals surface area contributed by atoms with E-state index < -0.39 is 11.6 Å². The van der Waals surface area contributed by atoms with Crippen molar-refractivity contribution in [1.82, 2.24) is 0 Å². The predicted molar refractivity (Wildman–Crippen MR) is 70.0 cm³/mol. The van der Waals surface area contributed by atoms with Crippen LogP contribution in [-0.2, 0) is 15.1 Å². The minimum atomic E-state index is -0.751. The Morgan fingerprint density at radius 3 is 2.89 bits per heavy atom. The highest BCUT2D eigenvalue weighted by atomic mass is 16.6. The summed E-state index contributed by atoms with van der Waals surface area (Å²) >= 11 is 0. The van der Waals surface area contributed by atoms with Gasteiger partial charge in [0.25, 0.3) is 0 Å². The third-order valence-electron chi connectivity index (χ3n) is 3.11. The molecule has 1 aliphatic rings. The van der Waals surface area contributed by atoms with Crippen LogP contribution in [0.2, 0.25) is 0 Å². The lowest BCUT2D eigenvalue weighted by Gasteiger charge is -2.33. The van der Waals surface area contributed by atoms with Crippen LogP contribution in [0, 0.1) is 0 Å². The standard InChI is InChI=1S/C15H16O3/c1-10(2)14(17)18-15(3)9-5-6-11-12(15)7-4-8-13(11)16/h4-8,16H,1,9H2,2-3H3. The second kappa shape index (κ2) is 4.33. The zero-order valence-corrected chi connectivity index (χ0v) is 10.6. The number of hydrogen-bond donors (Lipinski definition) is 1. The summed E-state index contributed by atoms with van der Waals surface area (Å²) < 4.78 is 5.52. The van der Waals surface area contributed by atoms with E-state index in [4.69, 9.17) is 4.74 Å². The molecule has 0 amide bonds. The van der Waals surface area contributed by atoms with E-state index >= 15 is 0 Å². The summed E-state index contributed by atoms with van der Waals surface area (Å²) in [6.45, 7) is 7.04.